The van der Waals surface area contributed by atoms with Crippen molar-refractivity contribution < 1.29 is 9.59 Å². The number of carbonyl (C=O) groups is 2. The molecular formula is C15H20N4O2S. The van der Waals surface area contributed by atoms with Gasteiger partial charge in [-0.25, -0.2) is 4.98 Å². The first-order valence-electron chi connectivity index (χ1n) is 8.11. The van der Waals surface area contributed by atoms with Crippen LogP contribution in [-0.2, 0) is 4.79 Å². The fourth-order valence-corrected chi connectivity index (χ4v) is 4.57. The molecule has 0 aliphatic carbocycles. The van der Waals surface area contributed by atoms with Gasteiger partial charge in [-0.1, -0.05) is 11.3 Å². The minimum absolute atomic E-state index is 0.0289. The summed E-state index contributed by atoms with van der Waals surface area (Å²) in [7, 11) is 0. The lowest BCUT2D eigenvalue weighted by molar-refractivity contribution is -0.121. The molecule has 0 bridgehead atoms. The molecule has 1 N–H and O–H groups in total. The number of amides is 2. The van der Waals surface area contributed by atoms with Gasteiger partial charge < -0.3 is 15.1 Å². The Morgan fingerprint density at radius 3 is 2.64 bits per heavy atom. The maximum Gasteiger partial charge on any atom is 0.268 e. The first-order chi connectivity index (χ1) is 10.7. The number of carbonyl (C=O) groups excluding carboxylic acids is 2. The first-order valence-corrected chi connectivity index (χ1v) is 8.93. The van der Waals surface area contributed by atoms with Crippen LogP contribution < -0.4 is 10.2 Å². The van der Waals surface area contributed by atoms with Crippen LogP contribution in [0.2, 0.25) is 0 Å². The third-order valence-electron chi connectivity index (χ3n) is 4.74. The number of nitrogens with zero attached hydrogens (tertiary/aromatic N) is 3. The molecule has 0 radical (unpaired) electrons. The molecule has 2 fully saturated rings. The molecule has 0 saturated carbocycles. The van der Waals surface area contributed by atoms with Crippen molar-refractivity contribution in [3.8, 4) is 0 Å². The Hall–Kier alpha value is -1.63. The molecule has 2 saturated heterocycles. The second kappa shape index (κ2) is 5.53. The standard InChI is InChI=1S/C15H20N4O2S/c20-13-10-6-2-5-9-19(10)14(21)11-12(16-13)17-15(22-11)18-7-3-1-4-8-18/h10H,1-9H2,(H,16,20). The van der Waals surface area contributed by atoms with Crippen molar-refractivity contribution in [3.05, 3.63) is 4.88 Å². The summed E-state index contributed by atoms with van der Waals surface area (Å²) in [5.74, 6) is 0.357. The molecule has 6 nitrogen and oxygen atoms in total. The van der Waals surface area contributed by atoms with Crippen molar-refractivity contribution in [2.75, 3.05) is 29.9 Å². The first kappa shape index (κ1) is 14.0. The number of hydrogen-bond donors (Lipinski definition) is 1. The van der Waals surface area contributed by atoms with Gasteiger partial charge in [0.25, 0.3) is 5.91 Å². The number of anilines is 2. The highest BCUT2D eigenvalue weighted by atomic mass is 32.1. The molecule has 1 atom stereocenters. The number of piperidine rings is 2. The van der Waals surface area contributed by atoms with Crippen LogP contribution in [0.1, 0.15) is 48.2 Å². The molecule has 1 aromatic heterocycles. The van der Waals surface area contributed by atoms with Crippen molar-refractivity contribution in [2.45, 2.75) is 44.6 Å². The van der Waals surface area contributed by atoms with Crippen LogP contribution in [0.3, 0.4) is 0 Å². The van der Waals surface area contributed by atoms with Gasteiger partial charge in [-0.2, -0.15) is 0 Å². The quantitative estimate of drug-likeness (QED) is 0.860. The predicted molar refractivity (Wildman–Crippen MR) is 85.5 cm³/mol. The van der Waals surface area contributed by atoms with Gasteiger partial charge in [-0.05, 0) is 38.5 Å². The average Bonchev–Trinajstić information content (AvgIpc) is 2.95. The van der Waals surface area contributed by atoms with Crippen LogP contribution in [0, 0.1) is 0 Å². The van der Waals surface area contributed by atoms with Crippen LogP contribution in [0.5, 0.6) is 0 Å². The van der Waals surface area contributed by atoms with E-state index in [4.69, 9.17) is 0 Å². The number of nitrogens with one attached hydrogen (secondary N) is 1. The zero-order valence-electron chi connectivity index (χ0n) is 12.5. The van der Waals surface area contributed by atoms with Crippen LogP contribution >= 0.6 is 11.3 Å². The monoisotopic (exact) mass is 320 g/mol. The van der Waals surface area contributed by atoms with E-state index in [-0.39, 0.29) is 17.9 Å². The Morgan fingerprint density at radius 2 is 1.82 bits per heavy atom. The van der Waals surface area contributed by atoms with Crippen LogP contribution in [0.15, 0.2) is 0 Å². The van der Waals surface area contributed by atoms with E-state index in [1.165, 1.54) is 30.6 Å². The summed E-state index contributed by atoms with van der Waals surface area (Å²) in [6.07, 6.45) is 6.32. The third kappa shape index (κ3) is 2.27. The fourth-order valence-electron chi connectivity index (χ4n) is 3.54. The van der Waals surface area contributed by atoms with Gasteiger partial charge in [0.15, 0.2) is 10.9 Å². The van der Waals surface area contributed by atoms with Crippen LogP contribution in [-0.4, -0.2) is 47.4 Å². The normalized spacial score (nSPS) is 25.4. The van der Waals surface area contributed by atoms with Gasteiger partial charge in [0.1, 0.15) is 10.9 Å². The number of aromatic nitrogens is 1. The van der Waals surface area contributed by atoms with Gasteiger partial charge in [0, 0.05) is 19.6 Å². The van der Waals surface area contributed by atoms with Crippen LogP contribution in [0.25, 0.3) is 0 Å². The van der Waals surface area contributed by atoms with E-state index in [0.29, 0.717) is 17.2 Å². The lowest BCUT2D eigenvalue weighted by Gasteiger charge is -2.32. The second-order valence-electron chi connectivity index (χ2n) is 6.22. The highest BCUT2D eigenvalue weighted by molar-refractivity contribution is 7.18. The van der Waals surface area contributed by atoms with Gasteiger partial charge in [-0.3, -0.25) is 9.59 Å². The summed E-state index contributed by atoms with van der Waals surface area (Å²) < 4.78 is 0. The van der Waals surface area contributed by atoms with Crippen molar-refractivity contribution >= 4 is 34.1 Å². The van der Waals surface area contributed by atoms with Crippen molar-refractivity contribution in [3.63, 3.8) is 0 Å². The highest BCUT2D eigenvalue weighted by Gasteiger charge is 2.39. The fraction of sp³-hybridized carbons (Fsp3) is 0.667. The Balaban J connectivity index is 1.67. The molecule has 1 unspecified atom stereocenters. The maximum absolute atomic E-state index is 12.8. The molecule has 0 aromatic carbocycles. The molecule has 0 spiro atoms. The topological polar surface area (TPSA) is 65.5 Å². The molecule has 22 heavy (non-hydrogen) atoms. The Morgan fingerprint density at radius 1 is 1.05 bits per heavy atom. The average molecular weight is 320 g/mol. The van der Waals surface area contributed by atoms with Gasteiger partial charge >= 0.3 is 0 Å². The molecule has 3 aliphatic heterocycles. The largest absolute Gasteiger partial charge is 0.348 e. The number of rotatable bonds is 1. The minimum Gasteiger partial charge on any atom is -0.348 e. The van der Waals surface area contributed by atoms with Gasteiger partial charge in [-0.15, -0.1) is 0 Å². The summed E-state index contributed by atoms with van der Waals surface area (Å²) in [5, 5.41) is 3.75. The Kier molecular flexibility index (Phi) is 3.52. The predicted octanol–water partition coefficient (Wildman–Crippen LogP) is 2.08. The molecule has 3 aliphatic rings. The van der Waals surface area contributed by atoms with E-state index in [1.807, 2.05) is 0 Å². The lowest BCUT2D eigenvalue weighted by Crippen LogP contribution is -2.48. The van der Waals surface area contributed by atoms with Gasteiger partial charge in [0.05, 0.1) is 0 Å². The molecular weight excluding hydrogens is 300 g/mol. The van der Waals surface area contributed by atoms with E-state index in [0.717, 1.165) is 37.5 Å². The second-order valence-corrected chi connectivity index (χ2v) is 7.20. The summed E-state index contributed by atoms with van der Waals surface area (Å²) in [4.78, 5) is 34.3. The minimum atomic E-state index is -0.318. The van der Waals surface area contributed by atoms with Crippen molar-refractivity contribution in [2.24, 2.45) is 0 Å². The number of hydrogen-bond acceptors (Lipinski definition) is 5. The Bertz CT molecular complexity index is 609. The van der Waals surface area contributed by atoms with Gasteiger partial charge in [0.2, 0.25) is 5.91 Å². The summed E-state index contributed by atoms with van der Waals surface area (Å²) in [6, 6.07) is -0.318. The van der Waals surface area contributed by atoms with E-state index >= 15 is 0 Å². The van der Waals surface area contributed by atoms with E-state index in [1.54, 1.807) is 4.90 Å². The highest BCUT2D eigenvalue weighted by Crippen LogP contribution is 2.36. The van der Waals surface area contributed by atoms with E-state index in [9.17, 15) is 9.59 Å². The summed E-state index contributed by atoms with van der Waals surface area (Å²) in [5.41, 5.74) is 0. The zero-order chi connectivity index (χ0) is 15.1. The zero-order valence-corrected chi connectivity index (χ0v) is 13.3. The number of thiazole rings is 1. The third-order valence-corrected chi connectivity index (χ3v) is 5.85. The smallest absolute Gasteiger partial charge is 0.268 e. The summed E-state index contributed by atoms with van der Waals surface area (Å²) >= 11 is 1.43. The SMILES string of the molecule is O=C1Nc2nc(N3CCCCC3)sc2C(=O)N2CCCCC12. The molecule has 118 valence electrons. The molecule has 7 heteroatoms. The van der Waals surface area contributed by atoms with Crippen molar-refractivity contribution in [1.82, 2.24) is 9.88 Å². The molecule has 4 heterocycles. The van der Waals surface area contributed by atoms with E-state index < -0.39 is 0 Å². The summed E-state index contributed by atoms with van der Waals surface area (Å²) in [6.45, 7) is 2.65. The molecule has 1 aromatic rings. The van der Waals surface area contributed by atoms with E-state index in [2.05, 4.69) is 15.2 Å². The molecule has 2 amide bonds. The molecule has 4 rings (SSSR count). The number of fused-ring (bicyclic) bond motifs is 2. The van der Waals surface area contributed by atoms with Crippen molar-refractivity contribution in [1.29, 1.82) is 0 Å². The maximum atomic E-state index is 12.8. The Labute approximate surface area is 133 Å². The van der Waals surface area contributed by atoms with Crippen LogP contribution in [0.4, 0.5) is 10.9 Å². The lowest BCUT2D eigenvalue weighted by atomic mass is 10.0.